The van der Waals surface area contributed by atoms with E-state index in [1.165, 1.54) is 109 Å². The molecule has 71 heavy (non-hydrogen) atoms. The molecule has 0 bridgehead atoms. The van der Waals surface area contributed by atoms with Gasteiger partial charge < -0.3 is 14.2 Å². The van der Waals surface area contributed by atoms with Crippen LogP contribution in [-0.4, -0.2) is 37.2 Å². The van der Waals surface area contributed by atoms with E-state index in [9.17, 15) is 14.4 Å². The summed E-state index contributed by atoms with van der Waals surface area (Å²) < 4.78 is 16.9. The van der Waals surface area contributed by atoms with Crippen LogP contribution >= 0.6 is 0 Å². The molecule has 0 fully saturated rings. The summed E-state index contributed by atoms with van der Waals surface area (Å²) in [6.07, 6.45) is 78.2. The molecule has 0 saturated carbocycles. The Morgan fingerprint density at radius 1 is 0.296 bits per heavy atom. The average molecular weight is 988 g/mol. The molecule has 0 aliphatic carbocycles. The minimum Gasteiger partial charge on any atom is -0.462 e. The summed E-state index contributed by atoms with van der Waals surface area (Å²) in [4.78, 5) is 38.2. The van der Waals surface area contributed by atoms with Gasteiger partial charge in [-0.2, -0.15) is 0 Å². The van der Waals surface area contributed by atoms with Crippen LogP contribution in [0, 0.1) is 0 Å². The van der Waals surface area contributed by atoms with E-state index in [0.717, 1.165) is 128 Å². The maximum atomic E-state index is 12.9. The van der Waals surface area contributed by atoms with Crippen LogP contribution in [0.15, 0.2) is 97.2 Å². The van der Waals surface area contributed by atoms with Crippen molar-refractivity contribution >= 4 is 17.9 Å². The van der Waals surface area contributed by atoms with E-state index >= 15 is 0 Å². The van der Waals surface area contributed by atoms with E-state index in [-0.39, 0.29) is 31.1 Å². The summed E-state index contributed by atoms with van der Waals surface area (Å²) in [6, 6.07) is 0. The highest BCUT2D eigenvalue weighted by atomic mass is 16.6. The molecule has 1 unspecified atom stereocenters. The molecule has 0 aromatic rings. The minimum absolute atomic E-state index is 0.0843. The molecule has 0 aliphatic rings. The number of esters is 3. The normalized spacial score (nSPS) is 12.8. The zero-order chi connectivity index (χ0) is 51.4. The van der Waals surface area contributed by atoms with Gasteiger partial charge in [0, 0.05) is 19.3 Å². The highest BCUT2D eigenvalue weighted by Crippen LogP contribution is 2.16. The second kappa shape index (κ2) is 58.9. The lowest BCUT2D eigenvalue weighted by Gasteiger charge is -2.18. The first kappa shape index (κ1) is 67.3. The highest BCUT2D eigenvalue weighted by Gasteiger charge is 2.19. The molecule has 0 heterocycles. The fraction of sp³-hybridized carbons (Fsp3) is 0.708. The number of carbonyl (C=O) groups excluding carboxylic acids is 3. The summed E-state index contributed by atoms with van der Waals surface area (Å²) >= 11 is 0. The van der Waals surface area contributed by atoms with Gasteiger partial charge in [0.25, 0.3) is 0 Å². The van der Waals surface area contributed by atoms with Crippen LogP contribution in [0.2, 0.25) is 0 Å². The number of unbranched alkanes of at least 4 members (excludes halogenated alkanes) is 26. The van der Waals surface area contributed by atoms with Gasteiger partial charge in [-0.1, -0.05) is 259 Å². The van der Waals surface area contributed by atoms with Crippen LogP contribution in [0.1, 0.15) is 278 Å². The number of hydrogen-bond acceptors (Lipinski definition) is 6. The van der Waals surface area contributed by atoms with Gasteiger partial charge >= 0.3 is 17.9 Å². The molecule has 0 amide bonds. The molecule has 0 N–H and O–H groups in total. The van der Waals surface area contributed by atoms with E-state index < -0.39 is 6.10 Å². The van der Waals surface area contributed by atoms with Crippen LogP contribution in [0.3, 0.4) is 0 Å². The van der Waals surface area contributed by atoms with Gasteiger partial charge in [0.2, 0.25) is 0 Å². The standard InChI is InChI=1S/C65H110O6/c1-4-7-10-13-16-19-22-25-27-29-31-32-34-35-37-40-43-46-49-52-55-58-64(67)70-61-62(60-69-63(66)57-54-51-48-45-42-39-24-21-18-15-12-9-6-3)71-65(68)59-56-53-50-47-44-41-38-36-33-30-28-26-23-20-17-14-11-8-5-2/h7-8,10-11,16-17,19-20,25-28,31-33,36,62H,4-6,9,12-15,18,21-24,29-30,34-35,37-61H2,1-3H3/b10-7-,11-8-,19-16-,20-17-,27-25-,28-26-,32-31-,36-33-. The van der Waals surface area contributed by atoms with Crippen molar-refractivity contribution in [3.05, 3.63) is 97.2 Å². The summed E-state index contributed by atoms with van der Waals surface area (Å²) in [5.41, 5.74) is 0. The molecule has 0 aromatic heterocycles. The van der Waals surface area contributed by atoms with Gasteiger partial charge in [-0.05, 0) is 96.3 Å². The molecule has 0 radical (unpaired) electrons. The van der Waals surface area contributed by atoms with Gasteiger partial charge in [-0.15, -0.1) is 0 Å². The number of hydrogen-bond donors (Lipinski definition) is 0. The van der Waals surface area contributed by atoms with Crippen molar-refractivity contribution in [3.63, 3.8) is 0 Å². The zero-order valence-electron chi connectivity index (χ0n) is 46.5. The largest absolute Gasteiger partial charge is 0.462 e. The van der Waals surface area contributed by atoms with Crippen LogP contribution in [-0.2, 0) is 28.6 Å². The second-order valence-electron chi connectivity index (χ2n) is 19.5. The van der Waals surface area contributed by atoms with Gasteiger partial charge in [-0.25, -0.2) is 0 Å². The maximum Gasteiger partial charge on any atom is 0.306 e. The topological polar surface area (TPSA) is 78.9 Å². The fourth-order valence-electron chi connectivity index (χ4n) is 8.19. The van der Waals surface area contributed by atoms with Crippen molar-refractivity contribution in [1.82, 2.24) is 0 Å². The molecule has 0 saturated heterocycles. The Balaban J connectivity index is 4.40. The molecule has 0 rings (SSSR count). The summed E-state index contributed by atoms with van der Waals surface area (Å²) in [6.45, 7) is 6.41. The Labute approximate surface area is 438 Å². The van der Waals surface area contributed by atoms with Gasteiger partial charge in [0.1, 0.15) is 13.2 Å². The number of carbonyl (C=O) groups is 3. The predicted octanol–water partition coefficient (Wildman–Crippen LogP) is 20.1. The molecule has 0 spiro atoms. The van der Waals surface area contributed by atoms with E-state index in [2.05, 4.69) is 118 Å². The van der Waals surface area contributed by atoms with Crippen LogP contribution in [0.4, 0.5) is 0 Å². The third kappa shape index (κ3) is 57.1. The summed E-state index contributed by atoms with van der Waals surface area (Å²) in [7, 11) is 0. The molecule has 0 aliphatic heterocycles. The molecule has 6 heteroatoms. The highest BCUT2D eigenvalue weighted by molar-refractivity contribution is 5.71. The van der Waals surface area contributed by atoms with E-state index in [4.69, 9.17) is 14.2 Å². The average Bonchev–Trinajstić information content (AvgIpc) is 3.37. The van der Waals surface area contributed by atoms with Crippen molar-refractivity contribution < 1.29 is 28.6 Å². The molecule has 0 aromatic carbocycles. The third-order valence-corrected chi connectivity index (χ3v) is 12.6. The SMILES string of the molecule is CC/C=C\C/C=C\C/C=C\C/C=C\CCCCCCCCCCC(=O)OCC(COC(=O)CCCCCCCCCCCCCCC)OC(=O)CCCCCCCC/C=C\C/C=C\C/C=C\C/C=C\CC. The van der Waals surface area contributed by atoms with Crippen LogP contribution in [0.25, 0.3) is 0 Å². The minimum atomic E-state index is -0.789. The Kier molecular flexibility index (Phi) is 55.9. The van der Waals surface area contributed by atoms with Crippen molar-refractivity contribution in [2.45, 2.75) is 284 Å². The predicted molar refractivity (Wildman–Crippen MR) is 307 cm³/mol. The van der Waals surface area contributed by atoms with Crippen molar-refractivity contribution in [2.24, 2.45) is 0 Å². The number of ether oxygens (including phenoxy) is 3. The maximum absolute atomic E-state index is 12.9. The van der Waals surface area contributed by atoms with Gasteiger partial charge in [-0.3, -0.25) is 14.4 Å². The Morgan fingerprint density at radius 2 is 0.549 bits per heavy atom. The zero-order valence-corrected chi connectivity index (χ0v) is 46.5. The lowest BCUT2D eigenvalue weighted by molar-refractivity contribution is -0.167. The van der Waals surface area contributed by atoms with Crippen molar-refractivity contribution in [1.29, 1.82) is 0 Å². The Hall–Kier alpha value is -3.67. The Bertz CT molecular complexity index is 1410. The van der Waals surface area contributed by atoms with Crippen molar-refractivity contribution in [2.75, 3.05) is 13.2 Å². The monoisotopic (exact) mass is 987 g/mol. The number of allylic oxidation sites excluding steroid dienone is 16. The second-order valence-corrected chi connectivity index (χ2v) is 19.5. The summed E-state index contributed by atoms with van der Waals surface area (Å²) in [5.74, 6) is -0.900. The van der Waals surface area contributed by atoms with Crippen LogP contribution < -0.4 is 0 Å². The fourth-order valence-corrected chi connectivity index (χ4v) is 8.19. The quantitative estimate of drug-likeness (QED) is 0.0261. The molecule has 1 atom stereocenters. The summed E-state index contributed by atoms with van der Waals surface area (Å²) in [5, 5.41) is 0. The van der Waals surface area contributed by atoms with Gasteiger partial charge in [0.05, 0.1) is 0 Å². The van der Waals surface area contributed by atoms with E-state index in [1.54, 1.807) is 0 Å². The smallest absolute Gasteiger partial charge is 0.306 e. The first-order valence-corrected chi connectivity index (χ1v) is 29.7. The number of rotatable bonds is 53. The first-order chi connectivity index (χ1) is 35.0. The van der Waals surface area contributed by atoms with Crippen molar-refractivity contribution in [3.8, 4) is 0 Å². The van der Waals surface area contributed by atoms with Crippen LogP contribution in [0.5, 0.6) is 0 Å². The molecular formula is C65H110O6. The first-order valence-electron chi connectivity index (χ1n) is 29.7. The lowest BCUT2D eigenvalue weighted by atomic mass is 10.0. The molecular weight excluding hydrogens is 877 g/mol. The molecule has 406 valence electrons. The lowest BCUT2D eigenvalue weighted by Crippen LogP contribution is -2.30. The van der Waals surface area contributed by atoms with E-state index in [1.807, 2.05) is 0 Å². The van der Waals surface area contributed by atoms with Gasteiger partial charge in [0.15, 0.2) is 6.10 Å². The third-order valence-electron chi connectivity index (χ3n) is 12.6. The molecule has 6 nitrogen and oxygen atoms in total. The Morgan fingerprint density at radius 3 is 0.859 bits per heavy atom. The van der Waals surface area contributed by atoms with E-state index in [0.29, 0.717) is 19.3 Å².